The molecule has 1 aromatic carbocycles. The smallest absolute Gasteiger partial charge is 0.450 e. The quantitative estimate of drug-likeness (QED) is 0.0352. The Morgan fingerprint density at radius 3 is 2.18 bits per heavy atom. The summed E-state index contributed by atoms with van der Waals surface area (Å²) in [6.07, 6.45) is -0.644. The highest BCUT2D eigenvalue weighted by Gasteiger charge is 2.35. The number of carbonyl (C=O) groups is 7. The van der Waals surface area contributed by atoms with Crippen molar-refractivity contribution in [2.24, 2.45) is 34.2 Å². The van der Waals surface area contributed by atoms with Crippen LogP contribution in [0.1, 0.15) is 65.9 Å². The average molecular weight is 857 g/mol. The summed E-state index contributed by atoms with van der Waals surface area (Å²) in [7, 11) is 2.87. The number of ether oxygens (including phenoxy) is 3. The lowest BCUT2D eigenvalue weighted by molar-refractivity contribution is -0.137. The van der Waals surface area contributed by atoms with E-state index in [1.165, 1.54) is 33.9 Å². The molecule has 10 N–H and O–H groups in total. The fourth-order valence-electron chi connectivity index (χ4n) is 6.32. The second-order valence-corrected chi connectivity index (χ2v) is 14.5. The molecule has 0 bridgehead atoms. The number of hydrogen-bond acceptors (Lipinski definition) is 11. The normalized spacial score (nSPS) is 24.5. The van der Waals surface area contributed by atoms with Crippen LogP contribution in [0.25, 0.3) is 0 Å². The van der Waals surface area contributed by atoms with E-state index in [2.05, 4.69) is 26.3 Å². The van der Waals surface area contributed by atoms with Gasteiger partial charge < -0.3 is 62.1 Å². The Bertz CT molecular complexity index is 1810. The van der Waals surface area contributed by atoms with Gasteiger partial charge in [0, 0.05) is 39.5 Å². The molecule has 2 rings (SSSR count). The maximum atomic E-state index is 14.1. The molecule has 1 aliphatic rings. The molecule has 0 aliphatic carbocycles. The zero-order chi connectivity index (χ0) is 45.8. The van der Waals surface area contributed by atoms with E-state index in [0.717, 1.165) is 16.0 Å². The Hall–Kier alpha value is -6.44. The maximum Gasteiger partial charge on any atom is 0.507 e. The summed E-state index contributed by atoms with van der Waals surface area (Å²) < 4.78 is 15.6. The van der Waals surface area contributed by atoms with Crippen molar-refractivity contribution in [2.45, 2.75) is 97.4 Å². The van der Waals surface area contributed by atoms with Gasteiger partial charge in [-0.1, -0.05) is 74.1 Å². The fraction of sp³-hybridized carbons (Fsp3) is 0.512. The number of allylic oxidation sites excluding steroid dienone is 3. The molecular weight excluding hydrogens is 796 g/mol. The second kappa shape index (κ2) is 25.2. The van der Waals surface area contributed by atoms with E-state index in [-0.39, 0.29) is 49.5 Å². The Balaban J connectivity index is 2.66. The van der Waals surface area contributed by atoms with Crippen molar-refractivity contribution in [1.82, 2.24) is 26.2 Å². The number of carboxylic acid groups (broad SMARTS) is 2. The number of nitrogens with one attached hydrogen (secondary N) is 4. The van der Waals surface area contributed by atoms with Crippen molar-refractivity contribution >= 4 is 47.8 Å². The number of likely N-dealkylation sites (N-methyl/N-ethyl adjacent to an activating group) is 1. The van der Waals surface area contributed by atoms with E-state index < -0.39 is 84.6 Å². The van der Waals surface area contributed by atoms with Crippen molar-refractivity contribution in [3.05, 3.63) is 71.5 Å². The summed E-state index contributed by atoms with van der Waals surface area (Å²) >= 11 is 0. The van der Waals surface area contributed by atoms with E-state index >= 15 is 0 Å². The Labute approximate surface area is 355 Å². The van der Waals surface area contributed by atoms with Crippen molar-refractivity contribution in [2.75, 3.05) is 20.7 Å². The van der Waals surface area contributed by atoms with E-state index in [1.807, 2.05) is 50.3 Å². The highest BCUT2D eigenvalue weighted by molar-refractivity contribution is 5.98. The zero-order valence-electron chi connectivity index (χ0n) is 35.6. The third-order valence-corrected chi connectivity index (χ3v) is 9.88. The van der Waals surface area contributed by atoms with Gasteiger partial charge in [-0.25, -0.2) is 9.59 Å². The van der Waals surface area contributed by atoms with E-state index in [0.29, 0.717) is 6.42 Å². The van der Waals surface area contributed by atoms with Crippen LogP contribution in [0, 0.1) is 17.8 Å². The van der Waals surface area contributed by atoms with Gasteiger partial charge in [0.05, 0.1) is 24.0 Å². The molecule has 1 aromatic rings. The van der Waals surface area contributed by atoms with Gasteiger partial charge in [-0.3, -0.25) is 29.0 Å². The van der Waals surface area contributed by atoms with Crippen molar-refractivity contribution in [3.8, 4) is 0 Å². The van der Waals surface area contributed by atoms with Crippen molar-refractivity contribution in [3.63, 3.8) is 0 Å². The summed E-state index contributed by atoms with van der Waals surface area (Å²) in [5, 5.41) is 29.1. The number of guanidine groups is 1. The number of methoxy groups -OCH3 is 1. The zero-order valence-corrected chi connectivity index (χ0v) is 35.6. The van der Waals surface area contributed by atoms with E-state index in [4.69, 9.17) is 25.7 Å². The van der Waals surface area contributed by atoms with Gasteiger partial charge in [-0.2, -0.15) is 0 Å². The van der Waals surface area contributed by atoms with E-state index in [1.54, 1.807) is 19.3 Å². The maximum absolute atomic E-state index is 14.1. The molecule has 20 nitrogen and oxygen atoms in total. The first-order valence-corrected chi connectivity index (χ1v) is 19.7. The Morgan fingerprint density at radius 2 is 1.59 bits per heavy atom. The molecule has 1 saturated heterocycles. The van der Waals surface area contributed by atoms with Crippen LogP contribution in [0.5, 0.6) is 0 Å². The minimum atomic E-state index is -1.83. The third kappa shape index (κ3) is 17.4. The largest absolute Gasteiger partial charge is 0.507 e. The second-order valence-electron chi connectivity index (χ2n) is 14.5. The first-order valence-electron chi connectivity index (χ1n) is 19.7. The minimum absolute atomic E-state index is 0.0463. The topological polar surface area (TPSA) is 303 Å². The van der Waals surface area contributed by atoms with E-state index in [9.17, 15) is 43.8 Å². The van der Waals surface area contributed by atoms with Crippen LogP contribution in [0.3, 0.4) is 0 Å². The van der Waals surface area contributed by atoms with Gasteiger partial charge in [0.15, 0.2) is 18.4 Å². The third-order valence-electron chi connectivity index (χ3n) is 9.88. The standard InChI is InChI=1S/C41H60N8O12/c1-8-30-37(54)48-38(61-41(57)58)26(5)35(52)46-29(15-12-20-44-39(42)43)36(53)45-28(25(4)34(51)47-32(60-40(55)56)18-19-33(50)49(30)6)17-16-23(2)21-24(3)31(59-7)22-27-13-10-9-11-14-27/h8-11,13-14,16-17,21,24-26,28-29,31-32,38H,12,15,18-20,22H2,1-7H3,(H,45,53)(H,46,52)(H,47,51)(H,48,54)(H,55,56)(H,57,58)(H4,42,43,44)/b17-16+,23-21+,30-8-/t24-,25-,26+,28-,29-,31-,32+,38+/m0/s1. The van der Waals surface area contributed by atoms with Crippen LogP contribution < -0.4 is 32.7 Å². The molecule has 20 heteroatoms. The number of nitrogens with two attached hydrogens (primary N) is 2. The lowest BCUT2D eigenvalue weighted by atomic mass is 9.94. The highest BCUT2D eigenvalue weighted by Crippen LogP contribution is 2.19. The lowest BCUT2D eigenvalue weighted by Gasteiger charge is -2.28. The summed E-state index contributed by atoms with van der Waals surface area (Å²) in [5.41, 5.74) is 12.5. The number of rotatable bonds is 13. The van der Waals surface area contributed by atoms with Gasteiger partial charge in [-0.05, 0) is 45.6 Å². The SMILES string of the molecule is C/C=C1/C(=O)N[C@H](OC(=O)O)[C@H](C)C(=O)N[C@@H](CCCN=C(N)N)C(=O)N[C@@H](/C=C/C(C)=C/[C@H](C)[C@H](Cc2ccccc2)OC)[C@H](C)C(=O)N[C@H](OC(=O)O)CCC(=O)N1C. The predicted octanol–water partition coefficient (Wildman–Crippen LogP) is 2.11. The fourth-order valence-corrected chi connectivity index (χ4v) is 6.32. The monoisotopic (exact) mass is 856 g/mol. The number of aliphatic imine (C=N–C) groups is 1. The number of nitrogens with zero attached hydrogens (tertiary/aromatic N) is 2. The van der Waals surface area contributed by atoms with Crippen molar-refractivity contribution < 1.29 is 58.0 Å². The van der Waals surface area contributed by atoms with Crippen LogP contribution in [0.15, 0.2) is 70.9 Å². The molecule has 61 heavy (non-hydrogen) atoms. The van der Waals surface area contributed by atoms with Crippen molar-refractivity contribution in [1.29, 1.82) is 0 Å². The van der Waals surface area contributed by atoms with Gasteiger partial charge >= 0.3 is 12.3 Å². The van der Waals surface area contributed by atoms with Gasteiger partial charge in [-0.15, -0.1) is 0 Å². The molecule has 0 aromatic heterocycles. The van der Waals surface area contributed by atoms with Crippen LogP contribution >= 0.6 is 0 Å². The summed E-state index contributed by atoms with van der Waals surface area (Å²) in [6, 6.07) is 7.40. The Kier molecular flexibility index (Phi) is 21.0. The molecule has 0 saturated carbocycles. The van der Waals surface area contributed by atoms with Crippen LogP contribution in [-0.4, -0.2) is 114 Å². The number of amides is 5. The van der Waals surface area contributed by atoms with Gasteiger partial charge in [0.2, 0.25) is 23.6 Å². The molecule has 8 atom stereocenters. The predicted molar refractivity (Wildman–Crippen MR) is 223 cm³/mol. The first kappa shape index (κ1) is 50.7. The first-order chi connectivity index (χ1) is 28.8. The van der Waals surface area contributed by atoms with Gasteiger partial charge in [0.1, 0.15) is 11.7 Å². The number of benzene rings is 1. The van der Waals surface area contributed by atoms with Crippen LogP contribution in [-0.2, 0) is 44.6 Å². The molecule has 336 valence electrons. The Morgan fingerprint density at radius 1 is 0.951 bits per heavy atom. The number of carbonyl (C=O) groups excluding carboxylic acids is 5. The molecule has 1 fully saturated rings. The molecule has 1 aliphatic heterocycles. The molecule has 0 unspecified atom stereocenters. The summed E-state index contributed by atoms with van der Waals surface area (Å²) in [6.45, 7) is 8.04. The van der Waals surface area contributed by atoms with Crippen LogP contribution in [0.4, 0.5) is 9.59 Å². The molecule has 5 amide bonds. The molecule has 0 radical (unpaired) electrons. The lowest BCUT2D eigenvalue weighted by Crippen LogP contribution is -2.55. The molecule has 1 heterocycles. The van der Waals surface area contributed by atoms with Crippen LogP contribution in [0.2, 0.25) is 0 Å². The summed E-state index contributed by atoms with van der Waals surface area (Å²) in [4.78, 5) is 96.6. The minimum Gasteiger partial charge on any atom is -0.450 e. The molecule has 0 spiro atoms. The summed E-state index contributed by atoms with van der Waals surface area (Å²) in [5.74, 6) is -6.98. The highest BCUT2D eigenvalue weighted by atomic mass is 16.7. The van der Waals surface area contributed by atoms with Gasteiger partial charge in [0.25, 0.3) is 5.91 Å². The number of hydrogen-bond donors (Lipinski definition) is 8. The average Bonchev–Trinajstić information content (AvgIpc) is 3.20. The molecular formula is C41H60N8O12.